The van der Waals surface area contributed by atoms with Crippen molar-refractivity contribution in [1.29, 1.82) is 0 Å². The van der Waals surface area contributed by atoms with E-state index in [1.54, 1.807) is 6.92 Å². The van der Waals surface area contributed by atoms with Gasteiger partial charge in [0.25, 0.3) is 0 Å². The molecule has 0 spiro atoms. The Morgan fingerprint density at radius 2 is 1.48 bits per heavy atom. The van der Waals surface area contributed by atoms with Gasteiger partial charge in [-0.1, -0.05) is 74.5 Å². The first-order chi connectivity index (χ1) is 12.0. The Morgan fingerprint density at radius 1 is 1.00 bits per heavy atom. The molecule has 0 aliphatic rings. The Balaban J connectivity index is 0.00000338. The monoisotopic (exact) mass is 411 g/mol. The average Bonchev–Trinajstić information content (AvgIpc) is 2.66. The van der Waals surface area contributed by atoms with Crippen LogP contribution in [0.3, 0.4) is 0 Å². The normalized spacial score (nSPS) is 13.7. The van der Waals surface area contributed by atoms with Crippen LogP contribution in [-0.2, 0) is 10.3 Å². The van der Waals surface area contributed by atoms with E-state index in [1.807, 2.05) is 48.5 Å². The number of benzene rings is 2. The summed E-state index contributed by atoms with van der Waals surface area (Å²) >= 11 is 0. The van der Waals surface area contributed by atoms with Gasteiger partial charge in [-0.05, 0) is 31.1 Å². The molecule has 0 aliphatic heterocycles. The summed E-state index contributed by atoms with van der Waals surface area (Å²) in [5.74, 6) is -0.160. The number of carbonyl (C=O) groups excluding carboxylic acids is 1. The number of nitrogens with two attached hydrogens (primary N) is 1. The van der Waals surface area contributed by atoms with Gasteiger partial charge in [-0.25, -0.2) is 0 Å². The highest BCUT2D eigenvalue weighted by molar-refractivity contribution is 5.87. The summed E-state index contributed by atoms with van der Waals surface area (Å²) in [4.78, 5) is 15.1. The molecule has 3 N–H and O–H groups in total. The first-order valence-electron chi connectivity index (χ1n) is 8.92. The maximum absolute atomic E-state index is 12.7. The molecule has 1 amide bonds. The Hall–Kier alpha value is -1.59. The number of halogens is 2. The maximum atomic E-state index is 12.7. The van der Waals surface area contributed by atoms with E-state index in [1.165, 1.54) is 5.56 Å². The Morgan fingerprint density at radius 3 is 1.96 bits per heavy atom. The van der Waals surface area contributed by atoms with Crippen molar-refractivity contribution in [3.63, 3.8) is 0 Å². The summed E-state index contributed by atoms with van der Waals surface area (Å²) in [5.41, 5.74) is 7.28. The lowest BCUT2D eigenvalue weighted by molar-refractivity contribution is -0.126. The van der Waals surface area contributed by atoms with Crippen LogP contribution < -0.4 is 11.1 Å². The molecule has 2 atom stereocenters. The minimum Gasteiger partial charge on any atom is -0.352 e. The van der Waals surface area contributed by atoms with E-state index in [2.05, 4.69) is 36.2 Å². The zero-order chi connectivity index (χ0) is 18.3. The second-order valence-electron chi connectivity index (χ2n) is 6.43. The second kappa shape index (κ2) is 12.0. The molecule has 6 heteroatoms. The third-order valence-electron chi connectivity index (χ3n) is 4.74. The van der Waals surface area contributed by atoms with Gasteiger partial charge in [-0.15, -0.1) is 24.8 Å². The van der Waals surface area contributed by atoms with Crippen molar-refractivity contribution in [3.05, 3.63) is 71.8 Å². The molecule has 27 heavy (non-hydrogen) atoms. The molecule has 4 nitrogen and oxygen atoms in total. The molecule has 2 rings (SSSR count). The Labute approximate surface area is 175 Å². The lowest BCUT2D eigenvalue weighted by atomic mass is 9.92. The van der Waals surface area contributed by atoms with Crippen molar-refractivity contribution in [2.75, 3.05) is 19.6 Å². The van der Waals surface area contributed by atoms with E-state index in [-0.39, 0.29) is 36.8 Å². The van der Waals surface area contributed by atoms with Gasteiger partial charge >= 0.3 is 0 Å². The number of hydrogen-bond acceptors (Lipinski definition) is 3. The number of hydrogen-bond donors (Lipinski definition) is 2. The third-order valence-corrected chi connectivity index (χ3v) is 4.74. The van der Waals surface area contributed by atoms with Crippen molar-refractivity contribution < 1.29 is 4.79 Å². The van der Waals surface area contributed by atoms with Crippen LogP contribution in [-0.4, -0.2) is 30.4 Å². The molecule has 150 valence electrons. The quantitative estimate of drug-likeness (QED) is 0.691. The summed E-state index contributed by atoms with van der Waals surface area (Å²) in [6.07, 6.45) is 0. The van der Waals surface area contributed by atoms with Crippen LogP contribution >= 0.6 is 24.8 Å². The number of carbonyl (C=O) groups is 1. The smallest absolute Gasteiger partial charge is 0.244 e. The van der Waals surface area contributed by atoms with Crippen LogP contribution in [0.15, 0.2) is 60.7 Å². The first-order valence-corrected chi connectivity index (χ1v) is 8.92. The van der Waals surface area contributed by atoms with Crippen LogP contribution in [0, 0.1) is 0 Å². The lowest BCUT2D eigenvalue weighted by Crippen LogP contribution is -2.51. The predicted molar refractivity (Wildman–Crippen MR) is 118 cm³/mol. The van der Waals surface area contributed by atoms with Gasteiger partial charge in [0.15, 0.2) is 0 Å². The number of rotatable bonds is 8. The molecular weight excluding hydrogens is 381 g/mol. The summed E-state index contributed by atoms with van der Waals surface area (Å²) in [7, 11) is 0. The fourth-order valence-electron chi connectivity index (χ4n) is 3.09. The highest BCUT2D eigenvalue weighted by Gasteiger charge is 2.31. The second-order valence-corrected chi connectivity index (χ2v) is 6.43. The van der Waals surface area contributed by atoms with Crippen molar-refractivity contribution >= 4 is 30.7 Å². The fraction of sp³-hybridized carbons (Fsp3) is 0.381. The Bertz CT molecular complexity index is 662. The highest BCUT2D eigenvalue weighted by atomic mass is 35.5. The van der Waals surface area contributed by atoms with E-state index in [0.717, 1.165) is 18.7 Å². The summed E-state index contributed by atoms with van der Waals surface area (Å²) in [5, 5.41) is 3.06. The topological polar surface area (TPSA) is 58.4 Å². The molecule has 2 aromatic carbocycles. The van der Waals surface area contributed by atoms with E-state index in [9.17, 15) is 4.79 Å². The van der Waals surface area contributed by atoms with Gasteiger partial charge in [-0.2, -0.15) is 0 Å². The molecule has 0 heterocycles. The predicted octanol–water partition coefficient (Wildman–Crippen LogP) is 3.90. The van der Waals surface area contributed by atoms with Crippen LogP contribution in [0.2, 0.25) is 0 Å². The largest absolute Gasteiger partial charge is 0.352 e. The third kappa shape index (κ3) is 6.51. The zero-order valence-electron chi connectivity index (χ0n) is 16.2. The lowest BCUT2D eigenvalue weighted by Gasteiger charge is -2.32. The van der Waals surface area contributed by atoms with Crippen LogP contribution in [0.5, 0.6) is 0 Å². The van der Waals surface area contributed by atoms with E-state index >= 15 is 0 Å². The first kappa shape index (κ1) is 25.4. The minimum atomic E-state index is -1.05. The number of nitrogens with one attached hydrogen (secondary N) is 1. The van der Waals surface area contributed by atoms with Crippen molar-refractivity contribution in [3.8, 4) is 0 Å². The zero-order valence-corrected chi connectivity index (χ0v) is 17.9. The molecule has 2 unspecified atom stereocenters. The van der Waals surface area contributed by atoms with Gasteiger partial charge in [0.1, 0.15) is 5.54 Å². The molecule has 2 aromatic rings. The molecule has 0 saturated heterocycles. The standard InChI is InChI=1S/C21H29N3O.2ClH/c1-4-24(5-2)19(17-12-8-6-9-13-17)16-23-20(25)21(3,22)18-14-10-7-11-15-18;;/h6-15,19H,4-5,16,22H2,1-3H3,(H,23,25);2*1H. The highest BCUT2D eigenvalue weighted by Crippen LogP contribution is 2.21. The molecule has 0 saturated carbocycles. The fourth-order valence-corrected chi connectivity index (χ4v) is 3.09. The SMILES string of the molecule is CCN(CC)C(CNC(=O)C(C)(N)c1ccccc1)c1ccccc1.Cl.Cl. The van der Waals surface area contributed by atoms with Gasteiger partial charge in [0.05, 0.1) is 6.04 Å². The molecule has 0 fully saturated rings. The summed E-state index contributed by atoms with van der Waals surface area (Å²) in [6.45, 7) is 8.41. The van der Waals surface area contributed by atoms with Crippen molar-refractivity contribution in [2.45, 2.75) is 32.4 Å². The van der Waals surface area contributed by atoms with Crippen LogP contribution in [0.1, 0.15) is 37.9 Å². The molecular formula is C21H31Cl2N3O. The van der Waals surface area contributed by atoms with E-state index < -0.39 is 5.54 Å². The van der Waals surface area contributed by atoms with Crippen molar-refractivity contribution in [1.82, 2.24) is 10.2 Å². The summed E-state index contributed by atoms with van der Waals surface area (Å²) in [6, 6.07) is 19.9. The molecule has 0 aromatic heterocycles. The molecule has 0 aliphatic carbocycles. The van der Waals surface area contributed by atoms with Crippen molar-refractivity contribution in [2.24, 2.45) is 5.73 Å². The number of likely N-dealkylation sites (N-methyl/N-ethyl adjacent to an activating group) is 1. The van der Waals surface area contributed by atoms with Gasteiger partial charge in [0.2, 0.25) is 5.91 Å². The number of nitrogens with zero attached hydrogens (tertiary/aromatic N) is 1. The summed E-state index contributed by atoms with van der Waals surface area (Å²) < 4.78 is 0. The Kier molecular flexibility index (Phi) is 11.3. The molecule has 0 bridgehead atoms. The minimum absolute atomic E-state index is 0. The van der Waals surface area contributed by atoms with E-state index in [0.29, 0.717) is 6.54 Å². The van der Waals surface area contributed by atoms with Gasteiger partial charge < -0.3 is 11.1 Å². The maximum Gasteiger partial charge on any atom is 0.244 e. The van der Waals surface area contributed by atoms with E-state index in [4.69, 9.17) is 5.73 Å². The molecule has 0 radical (unpaired) electrons. The average molecular weight is 412 g/mol. The van der Waals surface area contributed by atoms with Gasteiger partial charge in [-0.3, -0.25) is 9.69 Å². The van der Waals surface area contributed by atoms with Crippen LogP contribution in [0.4, 0.5) is 0 Å². The van der Waals surface area contributed by atoms with Gasteiger partial charge in [0, 0.05) is 6.54 Å². The van der Waals surface area contributed by atoms with Crippen LogP contribution in [0.25, 0.3) is 0 Å². The number of amides is 1.